The monoisotopic (exact) mass is 300 g/mol. The first-order chi connectivity index (χ1) is 9.09. The lowest BCUT2D eigenvalue weighted by Crippen LogP contribution is -2.61. The maximum absolute atomic E-state index is 11.5. The minimum Gasteiger partial charge on any atom is -0.469 e. The molecule has 1 fully saturated rings. The number of hydrogen-bond acceptors (Lipinski definition) is 4. The molecule has 1 aliphatic heterocycles. The van der Waals surface area contributed by atoms with E-state index in [4.69, 9.17) is 4.74 Å². The molecule has 0 amide bonds. The van der Waals surface area contributed by atoms with Gasteiger partial charge in [-0.05, 0) is 5.04 Å². The Morgan fingerprint density at radius 3 is 2.10 bits per heavy atom. The molecule has 20 heavy (non-hydrogen) atoms. The van der Waals surface area contributed by atoms with Crippen molar-refractivity contribution in [3.8, 4) is 0 Å². The highest BCUT2D eigenvalue weighted by atomic mass is 28.3. The molecule has 0 radical (unpaired) electrons. The third kappa shape index (κ3) is 4.05. The van der Waals surface area contributed by atoms with Gasteiger partial charge >= 0.3 is 5.97 Å². The van der Waals surface area contributed by atoms with Gasteiger partial charge in [-0.25, -0.2) is 0 Å². The lowest BCUT2D eigenvalue weighted by molar-refractivity contribution is -0.145. The molecule has 118 valence electrons. The highest BCUT2D eigenvalue weighted by molar-refractivity contribution is 6.77. The number of piperazine rings is 1. The van der Waals surface area contributed by atoms with Crippen LogP contribution in [-0.2, 0) is 9.53 Å². The molecule has 0 aromatic carbocycles. The Morgan fingerprint density at radius 2 is 1.70 bits per heavy atom. The van der Waals surface area contributed by atoms with Crippen LogP contribution in [0, 0.1) is 5.92 Å². The molecule has 0 spiro atoms. The third-order valence-electron chi connectivity index (χ3n) is 5.13. The first-order valence-electron chi connectivity index (χ1n) is 7.65. The Labute approximate surface area is 125 Å². The minimum absolute atomic E-state index is 0.0283. The molecule has 0 aromatic rings. The fraction of sp³-hybridized carbons (Fsp3) is 0.933. The second-order valence-electron chi connectivity index (χ2n) is 7.52. The van der Waals surface area contributed by atoms with Gasteiger partial charge in [0.2, 0.25) is 0 Å². The van der Waals surface area contributed by atoms with Crippen molar-refractivity contribution in [2.24, 2.45) is 5.92 Å². The van der Waals surface area contributed by atoms with E-state index in [9.17, 15) is 4.79 Å². The molecule has 0 aliphatic carbocycles. The standard InChI is InChI=1S/C15H32N2O2Si/c1-13(14(18)19-5)12-16-8-10-17(11-9-16)20(6,7)15(2,3)4/h13H,8-12H2,1-7H3. The van der Waals surface area contributed by atoms with Gasteiger partial charge in [0, 0.05) is 32.7 Å². The average Bonchev–Trinajstić information content (AvgIpc) is 2.37. The van der Waals surface area contributed by atoms with Gasteiger partial charge in [0.25, 0.3) is 0 Å². The van der Waals surface area contributed by atoms with Crippen molar-refractivity contribution in [3.63, 3.8) is 0 Å². The molecule has 1 atom stereocenters. The molecule has 0 bridgehead atoms. The number of hydrogen-bond donors (Lipinski definition) is 0. The van der Waals surface area contributed by atoms with E-state index in [2.05, 4.69) is 43.3 Å². The molecule has 1 heterocycles. The first kappa shape index (κ1) is 17.7. The highest BCUT2D eigenvalue weighted by Gasteiger charge is 2.41. The maximum Gasteiger partial charge on any atom is 0.309 e. The topological polar surface area (TPSA) is 32.8 Å². The number of carbonyl (C=O) groups is 1. The molecule has 0 N–H and O–H groups in total. The van der Waals surface area contributed by atoms with Gasteiger partial charge in [0.1, 0.15) is 8.24 Å². The van der Waals surface area contributed by atoms with Crippen molar-refractivity contribution in [2.75, 3.05) is 39.8 Å². The van der Waals surface area contributed by atoms with E-state index in [-0.39, 0.29) is 11.9 Å². The zero-order valence-corrected chi connectivity index (χ0v) is 15.3. The predicted molar refractivity (Wildman–Crippen MR) is 86.4 cm³/mol. The fourth-order valence-corrected chi connectivity index (χ4v) is 4.89. The van der Waals surface area contributed by atoms with Crippen molar-refractivity contribution in [1.29, 1.82) is 0 Å². The normalized spacial score (nSPS) is 20.8. The summed E-state index contributed by atoms with van der Waals surface area (Å²) in [7, 11) is 0.0792. The minimum atomic E-state index is -1.39. The van der Waals surface area contributed by atoms with E-state index in [0.717, 1.165) is 32.7 Å². The SMILES string of the molecule is COC(=O)C(C)CN1CCN([Si](C)(C)C(C)(C)C)CC1. The number of ether oxygens (including phenoxy) is 1. The zero-order chi connectivity index (χ0) is 15.6. The van der Waals surface area contributed by atoms with Gasteiger partial charge in [-0.3, -0.25) is 4.79 Å². The van der Waals surface area contributed by atoms with Crippen LogP contribution in [0.3, 0.4) is 0 Å². The molecule has 1 saturated heterocycles. The molecular weight excluding hydrogens is 268 g/mol. The summed E-state index contributed by atoms with van der Waals surface area (Å²) < 4.78 is 7.52. The summed E-state index contributed by atoms with van der Waals surface area (Å²) in [6, 6.07) is 0. The summed E-state index contributed by atoms with van der Waals surface area (Å²) in [6.07, 6.45) is 0. The van der Waals surface area contributed by atoms with Crippen LogP contribution in [0.2, 0.25) is 18.1 Å². The molecule has 1 aliphatic rings. The van der Waals surface area contributed by atoms with E-state index in [0.29, 0.717) is 5.04 Å². The molecule has 0 saturated carbocycles. The smallest absolute Gasteiger partial charge is 0.309 e. The summed E-state index contributed by atoms with van der Waals surface area (Å²) in [4.78, 5) is 13.9. The molecule has 1 unspecified atom stereocenters. The zero-order valence-electron chi connectivity index (χ0n) is 14.3. The molecule has 0 aromatic heterocycles. The predicted octanol–water partition coefficient (Wildman–Crippen LogP) is 2.42. The number of methoxy groups -OCH3 is 1. The van der Waals surface area contributed by atoms with E-state index in [1.165, 1.54) is 7.11 Å². The number of carbonyl (C=O) groups excluding carboxylic acids is 1. The second-order valence-corrected chi connectivity index (χ2v) is 12.8. The Balaban J connectivity index is 2.50. The van der Waals surface area contributed by atoms with Crippen molar-refractivity contribution in [2.45, 2.75) is 45.8 Å². The average molecular weight is 301 g/mol. The van der Waals surface area contributed by atoms with E-state index in [1.54, 1.807) is 0 Å². The van der Waals surface area contributed by atoms with Crippen LogP contribution in [0.15, 0.2) is 0 Å². The van der Waals surface area contributed by atoms with Crippen LogP contribution < -0.4 is 0 Å². The van der Waals surface area contributed by atoms with Crippen molar-refractivity contribution >= 4 is 14.2 Å². The maximum atomic E-state index is 11.5. The third-order valence-corrected chi connectivity index (χ3v) is 10.8. The summed E-state index contributed by atoms with van der Waals surface area (Å²) >= 11 is 0. The van der Waals surface area contributed by atoms with Gasteiger partial charge in [-0.1, -0.05) is 40.8 Å². The first-order valence-corrected chi connectivity index (χ1v) is 10.6. The van der Waals surface area contributed by atoms with Gasteiger partial charge in [-0.15, -0.1) is 0 Å². The Morgan fingerprint density at radius 1 is 1.20 bits per heavy atom. The summed E-state index contributed by atoms with van der Waals surface area (Å²) in [5, 5.41) is 0.397. The summed E-state index contributed by atoms with van der Waals surface area (Å²) in [5.74, 6) is -0.128. The van der Waals surface area contributed by atoms with Crippen LogP contribution in [0.5, 0.6) is 0 Å². The van der Waals surface area contributed by atoms with Crippen molar-refractivity contribution < 1.29 is 9.53 Å². The van der Waals surface area contributed by atoms with E-state index in [1.807, 2.05) is 6.92 Å². The fourth-order valence-electron chi connectivity index (χ4n) is 2.63. The quantitative estimate of drug-likeness (QED) is 0.590. The highest BCUT2D eigenvalue weighted by Crippen LogP contribution is 2.38. The van der Waals surface area contributed by atoms with Gasteiger partial charge < -0.3 is 14.2 Å². The Hall–Kier alpha value is -0.393. The van der Waals surface area contributed by atoms with E-state index < -0.39 is 8.24 Å². The van der Waals surface area contributed by atoms with Crippen LogP contribution in [0.4, 0.5) is 0 Å². The summed E-state index contributed by atoms with van der Waals surface area (Å²) in [6.45, 7) is 19.2. The van der Waals surface area contributed by atoms with Crippen LogP contribution in [0.25, 0.3) is 0 Å². The van der Waals surface area contributed by atoms with Crippen LogP contribution in [-0.4, -0.2) is 63.5 Å². The van der Waals surface area contributed by atoms with Crippen molar-refractivity contribution in [1.82, 2.24) is 9.47 Å². The van der Waals surface area contributed by atoms with E-state index >= 15 is 0 Å². The largest absolute Gasteiger partial charge is 0.469 e. The Bertz CT molecular complexity index is 331. The van der Waals surface area contributed by atoms with Gasteiger partial charge in [-0.2, -0.15) is 0 Å². The number of nitrogens with zero attached hydrogens (tertiary/aromatic N) is 2. The number of esters is 1. The second kappa shape index (κ2) is 6.58. The molecule has 1 rings (SSSR count). The lowest BCUT2D eigenvalue weighted by atomic mass is 10.1. The lowest BCUT2D eigenvalue weighted by Gasteiger charge is -2.49. The van der Waals surface area contributed by atoms with Crippen LogP contribution >= 0.6 is 0 Å². The summed E-state index contributed by atoms with van der Waals surface area (Å²) in [5.41, 5.74) is 0. The Kier molecular flexibility index (Phi) is 5.81. The molecule has 5 heteroatoms. The number of rotatable bonds is 4. The molecular formula is C15H32N2O2Si. The molecule has 4 nitrogen and oxygen atoms in total. The van der Waals surface area contributed by atoms with Crippen molar-refractivity contribution in [3.05, 3.63) is 0 Å². The van der Waals surface area contributed by atoms with Gasteiger partial charge in [0.15, 0.2) is 0 Å². The van der Waals surface area contributed by atoms with Gasteiger partial charge in [0.05, 0.1) is 13.0 Å². The van der Waals surface area contributed by atoms with Crippen LogP contribution in [0.1, 0.15) is 27.7 Å².